The Morgan fingerprint density at radius 2 is 2.11 bits per heavy atom. The molecule has 18 heavy (non-hydrogen) atoms. The molecule has 1 atom stereocenters. The molecule has 6 heteroatoms. The number of aliphatic hydroxyl groups is 1. The minimum absolute atomic E-state index is 0.350. The second-order valence-electron chi connectivity index (χ2n) is 4.28. The molecule has 0 aliphatic heterocycles. The van der Waals surface area contributed by atoms with Crippen LogP contribution < -0.4 is 16.4 Å². The van der Waals surface area contributed by atoms with Gasteiger partial charge in [0.15, 0.2) is 0 Å². The SMILES string of the molecule is CCCCCCOCC(O)CNCCNC(N)=O. The zero-order chi connectivity index (χ0) is 13.6. The van der Waals surface area contributed by atoms with E-state index in [0.29, 0.717) is 32.8 Å². The third kappa shape index (κ3) is 13.2. The van der Waals surface area contributed by atoms with Crippen LogP contribution in [0.2, 0.25) is 0 Å². The summed E-state index contributed by atoms with van der Waals surface area (Å²) in [6.45, 7) is 4.72. The van der Waals surface area contributed by atoms with Gasteiger partial charge in [-0.15, -0.1) is 0 Å². The molecule has 0 spiro atoms. The van der Waals surface area contributed by atoms with Crippen molar-refractivity contribution in [2.24, 2.45) is 5.73 Å². The Balaban J connectivity index is 3.17. The average Bonchev–Trinajstić information content (AvgIpc) is 2.33. The molecule has 1 unspecified atom stereocenters. The molecular formula is C12H27N3O3. The van der Waals surface area contributed by atoms with E-state index in [-0.39, 0.29) is 0 Å². The number of nitrogens with two attached hydrogens (primary N) is 1. The number of hydrogen-bond donors (Lipinski definition) is 4. The number of aliphatic hydroxyl groups excluding tert-OH is 1. The lowest BCUT2D eigenvalue weighted by Gasteiger charge is -2.12. The van der Waals surface area contributed by atoms with Gasteiger partial charge in [-0.25, -0.2) is 4.79 Å². The van der Waals surface area contributed by atoms with Crippen molar-refractivity contribution in [2.75, 3.05) is 32.8 Å². The summed E-state index contributed by atoms with van der Waals surface area (Å²) in [5.41, 5.74) is 4.90. The van der Waals surface area contributed by atoms with E-state index in [1.54, 1.807) is 0 Å². The third-order valence-corrected chi connectivity index (χ3v) is 2.43. The van der Waals surface area contributed by atoms with Crippen LogP contribution in [0, 0.1) is 0 Å². The molecule has 0 bridgehead atoms. The molecule has 2 amide bonds. The van der Waals surface area contributed by atoms with Gasteiger partial charge in [-0.1, -0.05) is 26.2 Å². The van der Waals surface area contributed by atoms with Crippen molar-refractivity contribution in [3.05, 3.63) is 0 Å². The van der Waals surface area contributed by atoms with E-state index in [1.165, 1.54) is 19.3 Å². The molecule has 0 fully saturated rings. The maximum Gasteiger partial charge on any atom is 0.312 e. The van der Waals surface area contributed by atoms with Crippen molar-refractivity contribution in [1.82, 2.24) is 10.6 Å². The summed E-state index contributed by atoms with van der Waals surface area (Å²) in [6, 6.07) is -0.534. The first-order valence-electron chi connectivity index (χ1n) is 6.66. The van der Waals surface area contributed by atoms with Gasteiger partial charge in [0.1, 0.15) is 0 Å². The Labute approximate surface area is 109 Å². The average molecular weight is 261 g/mol. The van der Waals surface area contributed by atoms with Gasteiger partial charge in [0.05, 0.1) is 12.7 Å². The lowest BCUT2D eigenvalue weighted by atomic mass is 10.2. The first-order chi connectivity index (χ1) is 8.66. The highest BCUT2D eigenvalue weighted by Crippen LogP contribution is 1.99. The number of carbonyl (C=O) groups is 1. The van der Waals surface area contributed by atoms with Crippen molar-refractivity contribution < 1.29 is 14.6 Å². The standard InChI is InChI=1S/C12H27N3O3/c1-2-3-4-5-8-18-10-11(16)9-14-6-7-15-12(13)17/h11,14,16H,2-10H2,1H3,(H3,13,15,17). The van der Waals surface area contributed by atoms with Crippen LogP contribution in [0.4, 0.5) is 4.79 Å². The summed E-state index contributed by atoms with van der Waals surface area (Å²) in [7, 11) is 0. The van der Waals surface area contributed by atoms with E-state index in [4.69, 9.17) is 10.5 Å². The molecule has 0 aliphatic carbocycles. The number of nitrogens with one attached hydrogen (secondary N) is 2. The minimum Gasteiger partial charge on any atom is -0.389 e. The molecule has 6 nitrogen and oxygen atoms in total. The molecule has 0 heterocycles. The number of hydrogen-bond acceptors (Lipinski definition) is 4. The zero-order valence-corrected chi connectivity index (χ0v) is 11.3. The normalized spacial score (nSPS) is 12.3. The van der Waals surface area contributed by atoms with Crippen molar-refractivity contribution >= 4 is 6.03 Å². The van der Waals surface area contributed by atoms with Crippen LogP contribution in [0.1, 0.15) is 32.6 Å². The van der Waals surface area contributed by atoms with Crippen molar-refractivity contribution in [3.63, 3.8) is 0 Å². The lowest BCUT2D eigenvalue weighted by Crippen LogP contribution is -2.38. The summed E-state index contributed by atoms with van der Waals surface area (Å²) in [6.07, 6.45) is 4.18. The van der Waals surface area contributed by atoms with Crippen LogP contribution in [-0.4, -0.2) is 50.1 Å². The van der Waals surface area contributed by atoms with Crippen molar-refractivity contribution in [3.8, 4) is 0 Å². The Morgan fingerprint density at radius 1 is 1.33 bits per heavy atom. The summed E-state index contributed by atoms with van der Waals surface area (Å²) in [4.78, 5) is 10.4. The summed E-state index contributed by atoms with van der Waals surface area (Å²) < 4.78 is 5.36. The minimum atomic E-state index is -0.534. The number of primary amides is 1. The molecule has 0 saturated heterocycles. The van der Waals surface area contributed by atoms with E-state index >= 15 is 0 Å². The maximum atomic E-state index is 10.4. The molecule has 5 N–H and O–H groups in total. The van der Waals surface area contributed by atoms with Crippen LogP contribution in [0.3, 0.4) is 0 Å². The fourth-order valence-electron chi connectivity index (χ4n) is 1.45. The zero-order valence-electron chi connectivity index (χ0n) is 11.3. The highest BCUT2D eigenvalue weighted by molar-refractivity contribution is 5.71. The number of rotatable bonds is 12. The fourth-order valence-corrected chi connectivity index (χ4v) is 1.45. The van der Waals surface area contributed by atoms with Gasteiger partial charge >= 0.3 is 6.03 Å². The molecule has 0 radical (unpaired) electrons. The molecule has 0 aromatic carbocycles. The van der Waals surface area contributed by atoms with Gasteiger partial charge in [-0.05, 0) is 6.42 Å². The van der Waals surface area contributed by atoms with E-state index in [9.17, 15) is 9.90 Å². The van der Waals surface area contributed by atoms with E-state index in [0.717, 1.165) is 6.42 Å². The largest absolute Gasteiger partial charge is 0.389 e. The number of carbonyl (C=O) groups excluding carboxylic acids is 1. The van der Waals surface area contributed by atoms with Crippen LogP contribution in [-0.2, 0) is 4.74 Å². The van der Waals surface area contributed by atoms with Crippen molar-refractivity contribution in [1.29, 1.82) is 0 Å². The summed E-state index contributed by atoms with van der Waals surface area (Å²) >= 11 is 0. The summed E-state index contributed by atoms with van der Waals surface area (Å²) in [5, 5.41) is 15.0. The number of unbranched alkanes of at least 4 members (excludes halogenated alkanes) is 3. The van der Waals surface area contributed by atoms with Gasteiger partial charge in [0.2, 0.25) is 0 Å². The number of ether oxygens (including phenoxy) is 1. The second kappa shape index (κ2) is 12.6. The van der Waals surface area contributed by atoms with Crippen molar-refractivity contribution in [2.45, 2.75) is 38.7 Å². The Morgan fingerprint density at radius 3 is 2.78 bits per heavy atom. The van der Waals surface area contributed by atoms with Gasteiger partial charge < -0.3 is 26.2 Å². The first-order valence-corrected chi connectivity index (χ1v) is 6.66. The van der Waals surface area contributed by atoms with E-state index in [1.807, 2.05) is 0 Å². The third-order valence-electron chi connectivity index (χ3n) is 2.43. The molecule has 108 valence electrons. The predicted molar refractivity (Wildman–Crippen MR) is 71.4 cm³/mol. The van der Waals surface area contributed by atoms with Crippen LogP contribution >= 0.6 is 0 Å². The van der Waals surface area contributed by atoms with Crippen LogP contribution in [0.15, 0.2) is 0 Å². The molecule has 0 rings (SSSR count). The van der Waals surface area contributed by atoms with E-state index in [2.05, 4.69) is 17.6 Å². The maximum absolute atomic E-state index is 10.4. The van der Waals surface area contributed by atoms with Crippen LogP contribution in [0.5, 0.6) is 0 Å². The van der Waals surface area contributed by atoms with Gasteiger partial charge in [-0.2, -0.15) is 0 Å². The van der Waals surface area contributed by atoms with Crippen LogP contribution in [0.25, 0.3) is 0 Å². The predicted octanol–water partition coefficient (Wildman–Crippen LogP) is 0.202. The highest BCUT2D eigenvalue weighted by atomic mass is 16.5. The number of urea groups is 1. The molecule has 0 aromatic heterocycles. The summed E-state index contributed by atoms with van der Waals surface area (Å²) in [5.74, 6) is 0. The highest BCUT2D eigenvalue weighted by Gasteiger charge is 2.03. The quantitative estimate of drug-likeness (QED) is 0.377. The Bertz CT molecular complexity index is 203. The topological polar surface area (TPSA) is 96.6 Å². The molecule has 0 saturated carbocycles. The Hall–Kier alpha value is -0.850. The van der Waals surface area contributed by atoms with Gasteiger partial charge in [0.25, 0.3) is 0 Å². The Kier molecular flexibility index (Phi) is 12.0. The number of amides is 2. The first kappa shape index (κ1) is 17.2. The van der Waals surface area contributed by atoms with E-state index < -0.39 is 12.1 Å². The monoisotopic (exact) mass is 261 g/mol. The van der Waals surface area contributed by atoms with Gasteiger partial charge in [-0.3, -0.25) is 0 Å². The van der Waals surface area contributed by atoms with Gasteiger partial charge in [0, 0.05) is 26.2 Å². The molecular weight excluding hydrogens is 234 g/mol. The smallest absolute Gasteiger partial charge is 0.312 e. The second-order valence-corrected chi connectivity index (χ2v) is 4.28. The lowest BCUT2D eigenvalue weighted by molar-refractivity contribution is 0.0356. The fraction of sp³-hybridized carbons (Fsp3) is 0.917. The molecule has 0 aliphatic rings. The molecule has 0 aromatic rings.